The maximum Gasteiger partial charge on any atom is 0.0443 e. The summed E-state index contributed by atoms with van der Waals surface area (Å²) in [4.78, 5) is 4.74. The first-order chi connectivity index (χ1) is 20.2. The lowest BCUT2D eigenvalue weighted by atomic mass is 9.93. The van der Waals surface area contributed by atoms with Gasteiger partial charge in [0, 0.05) is 24.5 Å². The Labute approximate surface area is 247 Å². The third kappa shape index (κ3) is 7.16. The molecule has 0 saturated carbocycles. The van der Waals surface area contributed by atoms with E-state index in [1.807, 2.05) is 7.05 Å². The predicted octanol–water partition coefficient (Wildman–Crippen LogP) is 7.70. The fourth-order valence-corrected chi connectivity index (χ4v) is 6.13. The molecular weight excluding hydrogens is 498 g/mol. The van der Waals surface area contributed by atoms with Crippen LogP contribution < -0.4 is 10.2 Å². The summed E-state index contributed by atoms with van der Waals surface area (Å²) >= 11 is 0. The van der Waals surface area contributed by atoms with Gasteiger partial charge >= 0.3 is 0 Å². The molecule has 0 amide bonds. The molecule has 0 bridgehead atoms. The van der Waals surface area contributed by atoms with E-state index in [2.05, 4.69) is 132 Å². The molecule has 0 unspecified atom stereocenters. The quantitative estimate of drug-likeness (QED) is 0.241. The number of benzene rings is 4. The fraction of sp³-hybridized carbons (Fsp3) is 0.316. The fourth-order valence-electron chi connectivity index (χ4n) is 6.13. The lowest BCUT2D eigenvalue weighted by molar-refractivity contribution is 0.417. The van der Waals surface area contributed by atoms with Crippen LogP contribution in [-0.2, 0) is 25.7 Å². The summed E-state index contributed by atoms with van der Waals surface area (Å²) in [6.07, 6.45) is 9.20. The number of aryl methyl sites for hydroxylation is 4. The van der Waals surface area contributed by atoms with Gasteiger partial charge in [0.2, 0.25) is 0 Å². The summed E-state index contributed by atoms with van der Waals surface area (Å²) in [6.45, 7) is 3.21. The second-order valence-corrected chi connectivity index (χ2v) is 11.4. The molecule has 0 atom stereocenters. The highest BCUT2D eigenvalue weighted by molar-refractivity contribution is 5.84. The number of rotatable bonds is 7. The van der Waals surface area contributed by atoms with Crippen molar-refractivity contribution in [3.05, 3.63) is 137 Å². The average molecular weight is 544 g/mol. The molecule has 6 rings (SSSR count). The molecule has 0 aromatic heterocycles. The van der Waals surface area contributed by atoms with Crippen LogP contribution in [0, 0.1) is 0 Å². The van der Waals surface area contributed by atoms with E-state index in [0.717, 1.165) is 58.2 Å². The first kappa shape index (κ1) is 28.9. The standard InChI is InChI=1S/C20H23N.C18H22N2/c1-21(2)15-7-12-20-18-10-5-3-8-16(18)13-14-17-9-4-6-11-19(17)20;1-19-13-6-14-20-17-9-4-2-7-15(17)11-12-16-8-3-5-10-18(16)20/h3-6,8-12H,7,13-15H2,1-2H3;2-5,7-10,19H,6,11-14H2,1H3. The Bertz CT molecular complexity index is 1350. The van der Waals surface area contributed by atoms with Gasteiger partial charge in [0.1, 0.15) is 0 Å². The van der Waals surface area contributed by atoms with Gasteiger partial charge in [-0.25, -0.2) is 0 Å². The van der Waals surface area contributed by atoms with E-state index < -0.39 is 0 Å². The van der Waals surface area contributed by atoms with Gasteiger partial charge in [-0.15, -0.1) is 0 Å². The van der Waals surface area contributed by atoms with Crippen LogP contribution in [0.15, 0.2) is 103 Å². The Morgan fingerprint density at radius 1 is 0.659 bits per heavy atom. The summed E-state index contributed by atoms with van der Waals surface area (Å²) in [6, 6.07) is 35.4. The molecule has 0 radical (unpaired) electrons. The maximum absolute atomic E-state index is 3.24. The van der Waals surface area contributed by atoms with E-state index in [-0.39, 0.29) is 0 Å². The Balaban J connectivity index is 0.000000165. The molecule has 3 nitrogen and oxygen atoms in total. The van der Waals surface area contributed by atoms with E-state index in [9.17, 15) is 0 Å². The Morgan fingerprint density at radius 3 is 1.63 bits per heavy atom. The number of para-hydroxylation sites is 2. The number of hydrogen-bond acceptors (Lipinski definition) is 3. The van der Waals surface area contributed by atoms with Crippen molar-refractivity contribution in [2.24, 2.45) is 0 Å². The lowest BCUT2D eigenvalue weighted by Crippen LogP contribution is -2.22. The van der Waals surface area contributed by atoms with Crippen molar-refractivity contribution in [1.29, 1.82) is 0 Å². The van der Waals surface area contributed by atoms with Crippen LogP contribution in [0.5, 0.6) is 0 Å². The molecule has 1 aliphatic heterocycles. The van der Waals surface area contributed by atoms with Gasteiger partial charge in [-0.2, -0.15) is 0 Å². The Hall–Kier alpha value is -3.66. The minimum absolute atomic E-state index is 1.06. The van der Waals surface area contributed by atoms with Gasteiger partial charge in [0.05, 0.1) is 0 Å². The highest BCUT2D eigenvalue weighted by atomic mass is 15.1. The third-order valence-electron chi connectivity index (χ3n) is 8.24. The predicted molar refractivity (Wildman–Crippen MR) is 176 cm³/mol. The summed E-state index contributed by atoms with van der Waals surface area (Å²) in [5, 5.41) is 3.24. The van der Waals surface area contributed by atoms with Gasteiger partial charge in [0.15, 0.2) is 0 Å². The highest BCUT2D eigenvalue weighted by Gasteiger charge is 2.19. The van der Waals surface area contributed by atoms with Crippen molar-refractivity contribution in [1.82, 2.24) is 10.2 Å². The van der Waals surface area contributed by atoms with Crippen molar-refractivity contribution >= 4 is 16.9 Å². The molecule has 0 spiro atoms. The number of nitrogens with one attached hydrogen (secondary N) is 1. The number of hydrogen-bond donors (Lipinski definition) is 1. The molecule has 1 heterocycles. The van der Waals surface area contributed by atoms with Gasteiger partial charge in [-0.05, 0) is 117 Å². The smallest absolute Gasteiger partial charge is 0.0443 e. The molecule has 41 heavy (non-hydrogen) atoms. The first-order valence-corrected chi connectivity index (χ1v) is 15.2. The van der Waals surface area contributed by atoms with Gasteiger partial charge in [-0.1, -0.05) is 91.0 Å². The van der Waals surface area contributed by atoms with Crippen molar-refractivity contribution in [3.8, 4) is 0 Å². The van der Waals surface area contributed by atoms with E-state index in [1.165, 1.54) is 50.3 Å². The van der Waals surface area contributed by atoms with Crippen LogP contribution in [0.1, 0.15) is 46.2 Å². The van der Waals surface area contributed by atoms with Gasteiger partial charge < -0.3 is 15.1 Å². The van der Waals surface area contributed by atoms with Crippen molar-refractivity contribution in [2.45, 2.75) is 38.5 Å². The van der Waals surface area contributed by atoms with Crippen molar-refractivity contribution < 1.29 is 0 Å². The zero-order valence-corrected chi connectivity index (χ0v) is 25.1. The Kier molecular flexibility index (Phi) is 10.1. The molecule has 212 valence electrons. The SMILES string of the molecule is CN(C)CCC=C1c2ccccc2CCc2ccccc21.CNCCCN1c2ccccc2CCc2ccccc21. The van der Waals surface area contributed by atoms with E-state index in [4.69, 9.17) is 0 Å². The summed E-state index contributed by atoms with van der Waals surface area (Å²) in [5.74, 6) is 0. The van der Waals surface area contributed by atoms with Crippen molar-refractivity contribution in [2.75, 3.05) is 45.7 Å². The normalized spacial score (nSPS) is 13.6. The van der Waals surface area contributed by atoms with Crippen LogP contribution in [0.25, 0.3) is 5.57 Å². The zero-order valence-electron chi connectivity index (χ0n) is 25.1. The number of fused-ring (bicyclic) bond motifs is 4. The Morgan fingerprint density at radius 2 is 1.12 bits per heavy atom. The van der Waals surface area contributed by atoms with Crippen LogP contribution in [0.4, 0.5) is 11.4 Å². The minimum Gasteiger partial charge on any atom is -0.341 e. The van der Waals surface area contributed by atoms with Crippen LogP contribution in [0.3, 0.4) is 0 Å². The summed E-state index contributed by atoms with van der Waals surface area (Å²) in [7, 11) is 6.28. The van der Waals surface area contributed by atoms with Crippen LogP contribution in [-0.4, -0.2) is 45.7 Å². The highest BCUT2D eigenvalue weighted by Crippen LogP contribution is 2.36. The molecule has 0 fully saturated rings. The molecule has 1 N–H and O–H groups in total. The zero-order chi connectivity index (χ0) is 28.4. The van der Waals surface area contributed by atoms with Gasteiger partial charge in [-0.3, -0.25) is 0 Å². The van der Waals surface area contributed by atoms with Crippen molar-refractivity contribution in [3.63, 3.8) is 0 Å². The second kappa shape index (κ2) is 14.3. The molecule has 2 aliphatic rings. The van der Waals surface area contributed by atoms with Crippen LogP contribution in [0.2, 0.25) is 0 Å². The molecule has 1 aliphatic carbocycles. The summed E-state index contributed by atoms with van der Waals surface area (Å²) < 4.78 is 0. The molecule has 3 heteroatoms. The third-order valence-corrected chi connectivity index (χ3v) is 8.24. The minimum atomic E-state index is 1.06. The first-order valence-electron chi connectivity index (χ1n) is 15.2. The van der Waals surface area contributed by atoms with E-state index in [1.54, 1.807) is 0 Å². The van der Waals surface area contributed by atoms with Gasteiger partial charge in [0.25, 0.3) is 0 Å². The lowest BCUT2D eigenvalue weighted by Gasteiger charge is -2.27. The maximum atomic E-state index is 3.24. The summed E-state index contributed by atoms with van der Waals surface area (Å²) in [5.41, 5.74) is 12.9. The monoisotopic (exact) mass is 543 g/mol. The molecule has 0 saturated heterocycles. The van der Waals surface area contributed by atoms with E-state index in [0.29, 0.717) is 0 Å². The van der Waals surface area contributed by atoms with Crippen LogP contribution >= 0.6 is 0 Å². The molecule has 4 aromatic carbocycles. The molecule has 4 aromatic rings. The number of anilines is 2. The largest absolute Gasteiger partial charge is 0.341 e. The average Bonchev–Trinajstić information content (AvgIpc) is 3.26. The van der Waals surface area contributed by atoms with E-state index >= 15 is 0 Å². The number of nitrogens with zero attached hydrogens (tertiary/aromatic N) is 2. The second-order valence-electron chi connectivity index (χ2n) is 11.4. The topological polar surface area (TPSA) is 18.5 Å². The molecular formula is C38H45N3.